The van der Waals surface area contributed by atoms with Crippen LogP contribution in [-0.4, -0.2) is 31.6 Å². The molecule has 1 aliphatic heterocycles. The number of ether oxygens (including phenoxy) is 1. The smallest absolute Gasteiger partial charge is 0.243 e. The van der Waals surface area contributed by atoms with Crippen molar-refractivity contribution in [1.82, 2.24) is 4.90 Å². The molecule has 3 atom stereocenters. The molecule has 3 unspecified atom stereocenters. The third kappa shape index (κ3) is 2.39. The van der Waals surface area contributed by atoms with Crippen molar-refractivity contribution in [2.45, 2.75) is 30.7 Å². The van der Waals surface area contributed by atoms with E-state index in [0.717, 1.165) is 30.5 Å². The van der Waals surface area contributed by atoms with Crippen molar-refractivity contribution < 1.29 is 9.13 Å². The molecule has 120 valence electrons. The van der Waals surface area contributed by atoms with Gasteiger partial charge in [0.1, 0.15) is 0 Å². The summed E-state index contributed by atoms with van der Waals surface area (Å²) in [5, 5.41) is 0. The highest BCUT2D eigenvalue weighted by Gasteiger charge is 2.53. The van der Waals surface area contributed by atoms with Crippen molar-refractivity contribution in [2.24, 2.45) is 0 Å². The van der Waals surface area contributed by atoms with Gasteiger partial charge in [-0.05, 0) is 43.6 Å². The molecule has 0 amide bonds. The van der Waals surface area contributed by atoms with Crippen LogP contribution in [0.2, 0.25) is 0 Å². The summed E-state index contributed by atoms with van der Waals surface area (Å²) in [7, 11) is 4.01. The lowest BCUT2D eigenvalue weighted by molar-refractivity contribution is -0.152. The topological polar surface area (TPSA) is 12.5 Å². The molecule has 0 aromatic heterocycles. The molecule has 2 nitrogen and oxygen atoms in total. The van der Waals surface area contributed by atoms with E-state index in [-0.39, 0.29) is 12.0 Å². The fourth-order valence-corrected chi connectivity index (χ4v) is 4.13. The third-order valence-corrected chi connectivity index (χ3v) is 5.05. The van der Waals surface area contributed by atoms with Gasteiger partial charge in [0.05, 0.1) is 12.0 Å². The number of hydrogen-bond donors (Lipinski definition) is 0. The van der Waals surface area contributed by atoms with Crippen molar-refractivity contribution in [3.8, 4) is 0 Å². The van der Waals surface area contributed by atoms with E-state index in [4.69, 9.17) is 4.74 Å². The van der Waals surface area contributed by atoms with Crippen LogP contribution in [-0.2, 0) is 17.0 Å². The van der Waals surface area contributed by atoms with Crippen molar-refractivity contribution in [3.05, 3.63) is 70.8 Å². The van der Waals surface area contributed by atoms with Crippen LogP contribution in [0.1, 0.15) is 34.6 Å². The molecule has 1 saturated heterocycles. The van der Waals surface area contributed by atoms with Gasteiger partial charge < -0.3 is 9.64 Å². The molecule has 1 heterocycles. The minimum absolute atomic E-state index is 0.0841. The van der Waals surface area contributed by atoms with Crippen molar-refractivity contribution in [2.75, 3.05) is 20.6 Å². The minimum atomic E-state index is -1.72. The lowest BCUT2D eigenvalue weighted by Gasteiger charge is -2.27. The van der Waals surface area contributed by atoms with Crippen LogP contribution in [0.4, 0.5) is 4.39 Å². The van der Waals surface area contributed by atoms with E-state index in [1.54, 1.807) is 0 Å². The fourth-order valence-electron chi connectivity index (χ4n) is 4.13. The summed E-state index contributed by atoms with van der Waals surface area (Å²) in [5.41, 5.74) is 4.07. The Kier molecular flexibility index (Phi) is 3.51. The number of likely N-dealkylation sites (N-methyl/N-ethyl adjacent to an activating group) is 1. The molecule has 2 aromatic rings. The highest BCUT2D eigenvalue weighted by atomic mass is 19.2. The zero-order chi connectivity index (χ0) is 16.0. The van der Waals surface area contributed by atoms with E-state index in [1.807, 2.05) is 50.5 Å². The molecular weight excluding hydrogens is 289 g/mol. The maximum atomic E-state index is 16.1. The second kappa shape index (κ2) is 5.43. The first-order valence-electron chi connectivity index (χ1n) is 8.25. The average molecular weight is 311 g/mol. The fraction of sp³-hybridized carbons (Fsp3) is 0.400. The highest BCUT2D eigenvalue weighted by Crippen LogP contribution is 2.54. The van der Waals surface area contributed by atoms with Gasteiger partial charge in [-0.1, -0.05) is 48.5 Å². The third-order valence-electron chi connectivity index (χ3n) is 5.05. The van der Waals surface area contributed by atoms with Gasteiger partial charge in [-0.2, -0.15) is 0 Å². The molecule has 4 rings (SSSR count). The highest BCUT2D eigenvalue weighted by molar-refractivity contribution is 5.46. The lowest BCUT2D eigenvalue weighted by Crippen LogP contribution is -2.30. The van der Waals surface area contributed by atoms with Gasteiger partial charge in [-0.3, -0.25) is 0 Å². The maximum Gasteiger partial charge on any atom is 0.243 e. The summed E-state index contributed by atoms with van der Waals surface area (Å²) < 4.78 is 22.2. The number of fused-ring (bicyclic) bond motifs is 5. The molecule has 2 aliphatic rings. The van der Waals surface area contributed by atoms with Gasteiger partial charge in [0, 0.05) is 12.1 Å². The first kappa shape index (κ1) is 14.9. The van der Waals surface area contributed by atoms with Crippen LogP contribution in [0.25, 0.3) is 0 Å². The van der Waals surface area contributed by atoms with Gasteiger partial charge in [0.2, 0.25) is 5.85 Å². The van der Waals surface area contributed by atoms with E-state index in [2.05, 4.69) is 17.0 Å². The second-order valence-corrected chi connectivity index (χ2v) is 6.97. The van der Waals surface area contributed by atoms with Crippen LogP contribution >= 0.6 is 0 Å². The summed E-state index contributed by atoms with van der Waals surface area (Å²) >= 11 is 0. The molecule has 0 spiro atoms. The molecule has 0 saturated carbocycles. The van der Waals surface area contributed by atoms with E-state index in [1.165, 1.54) is 5.56 Å². The Hall–Kier alpha value is -1.71. The first-order valence-corrected chi connectivity index (χ1v) is 8.25. The van der Waals surface area contributed by atoms with Crippen LogP contribution in [0.5, 0.6) is 0 Å². The maximum absolute atomic E-state index is 16.1. The Labute approximate surface area is 136 Å². The van der Waals surface area contributed by atoms with Crippen LogP contribution in [0, 0.1) is 0 Å². The van der Waals surface area contributed by atoms with Crippen LogP contribution in [0.3, 0.4) is 0 Å². The van der Waals surface area contributed by atoms with Crippen LogP contribution in [0.15, 0.2) is 48.5 Å². The largest absolute Gasteiger partial charge is 0.337 e. The number of hydrogen-bond acceptors (Lipinski definition) is 2. The Morgan fingerprint density at radius 3 is 2.57 bits per heavy atom. The molecule has 0 N–H and O–H groups in total. The summed E-state index contributed by atoms with van der Waals surface area (Å²) in [6, 6.07) is 16.1. The number of nitrogens with zero attached hydrogens (tertiary/aromatic N) is 1. The quantitative estimate of drug-likeness (QED) is 0.835. The summed E-state index contributed by atoms with van der Waals surface area (Å²) in [6.45, 7) is 0.743. The molecule has 3 heteroatoms. The minimum Gasteiger partial charge on any atom is -0.337 e. The Morgan fingerprint density at radius 2 is 1.78 bits per heavy atom. The van der Waals surface area contributed by atoms with E-state index >= 15 is 4.39 Å². The van der Waals surface area contributed by atoms with Crippen molar-refractivity contribution >= 4 is 0 Å². The zero-order valence-corrected chi connectivity index (χ0v) is 13.6. The monoisotopic (exact) mass is 311 g/mol. The van der Waals surface area contributed by atoms with E-state index < -0.39 is 5.85 Å². The Balaban J connectivity index is 1.86. The van der Waals surface area contributed by atoms with Gasteiger partial charge in [-0.15, -0.1) is 0 Å². The van der Waals surface area contributed by atoms with Crippen molar-refractivity contribution in [1.29, 1.82) is 0 Å². The number of alkyl halides is 1. The Bertz CT molecular complexity index is 729. The SMILES string of the molecule is CN(C)CC1CC2c3ccccc3Cc3ccccc3C2(F)O1. The van der Waals surface area contributed by atoms with E-state index in [9.17, 15) is 0 Å². The molecule has 23 heavy (non-hydrogen) atoms. The second-order valence-electron chi connectivity index (χ2n) is 6.97. The Morgan fingerprint density at radius 1 is 1.09 bits per heavy atom. The van der Waals surface area contributed by atoms with Gasteiger partial charge in [0.25, 0.3) is 0 Å². The van der Waals surface area contributed by atoms with Gasteiger partial charge in [-0.25, -0.2) is 4.39 Å². The molecule has 2 aromatic carbocycles. The molecule has 0 bridgehead atoms. The number of benzene rings is 2. The number of halogens is 1. The first-order chi connectivity index (χ1) is 11.1. The summed E-state index contributed by atoms with van der Waals surface area (Å²) in [5.74, 6) is -1.95. The summed E-state index contributed by atoms with van der Waals surface area (Å²) in [4.78, 5) is 2.07. The molecule has 0 radical (unpaired) electrons. The predicted molar refractivity (Wildman–Crippen MR) is 89.3 cm³/mol. The zero-order valence-electron chi connectivity index (χ0n) is 13.6. The summed E-state index contributed by atoms with van der Waals surface area (Å²) in [6.07, 6.45) is 1.41. The van der Waals surface area contributed by atoms with Gasteiger partial charge >= 0.3 is 0 Å². The molecular formula is C20H22FNO. The number of rotatable bonds is 2. The predicted octanol–water partition coefficient (Wildman–Crippen LogP) is 3.85. The average Bonchev–Trinajstić information content (AvgIpc) is 2.80. The lowest BCUT2D eigenvalue weighted by atomic mass is 9.85. The normalized spacial score (nSPS) is 28.9. The van der Waals surface area contributed by atoms with Crippen LogP contribution < -0.4 is 0 Å². The van der Waals surface area contributed by atoms with Gasteiger partial charge in [0.15, 0.2) is 0 Å². The van der Waals surface area contributed by atoms with E-state index in [0.29, 0.717) is 5.56 Å². The molecule has 1 fully saturated rings. The van der Waals surface area contributed by atoms with Crippen molar-refractivity contribution in [3.63, 3.8) is 0 Å². The standard InChI is InChI=1S/C20H22FNO/c1-22(2)13-16-12-19-17-9-5-3-7-14(17)11-15-8-4-6-10-18(15)20(19,21)23-16/h3-10,16,19H,11-13H2,1-2H3. The molecule has 1 aliphatic carbocycles.